The van der Waals surface area contributed by atoms with Gasteiger partial charge in [-0.2, -0.15) is 0 Å². The SMILES string of the molecule is CCCCCCCCCCCCC(CC=Cc1ccccc1)CCCN(C)C. The van der Waals surface area contributed by atoms with Gasteiger partial charge in [-0.1, -0.05) is 120 Å². The summed E-state index contributed by atoms with van der Waals surface area (Å²) in [5, 5.41) is 0. The summed E-state index contributed by atoms with van der Waals surface area (Å²) < 4.78 is 0. The predicted octanol–water partition coefficient (Wildman–Crippen LogP) is 8.36. The van der Waals surface area contributed by atoms with Gasteiger partial charge in [0.15, 0.2) is 0 Å². The summed E-state index contributed by atoms with van der Waals surface area (Å²) in [5.41, 5.74) is 1.33. The molecule has 0 amide bonds. The lowest BCUT2D eigenvalue weighted by atomic mass is 9.92. The van der Waals surface area contributed by atoms with Gasteiger partial charge in [0.05, 0.1) is 0 Å². The maximum Gasteiger partial charge on any atom is -0.00247 e. The van der Waals surface area contributed by atoms with Crippen LogP contribution in [0.5, 0.6) is 0 Å². The molecule has 0 aliphatic heterocycles. The Labute approximate surface area is 176 Å². The number of unbranched alkanes of at least 4 members (excludes halogenated alkanes) is 9. The lowest BCUT2D eigenvalue weighted by Gasteiger charge is -2.17. The van der Waals surface area contributed by atoms with Crippen LogP contribution < -0.4 is 0 Å². The zero-order valence-electron chi connectivity index (χ0n) is 19.2. The van der Waals surface area contributed by atoms with E-state index >= 15 is 0 Å². The van der Waals surface area contributed by atoms with E-state index in [0.29, 0.717) is 0 Å². The molecule has 160 valence electrons. The zero-order chi connectivity index (χ0) is 20.3. The predicted molar refractivity (Wildman–Crippen MR) is 128 cm³/mol. The molecule has 0 radical (unpaired) electrons. The molecule has 28 heavy (non-hydrogen) atoms. The van der Waals surface area contributed by atoms with Crippen molar-refractivity contribution in [1.29, 1.82) is 0 Å². The Balaban J connectivity index is 2.19. The highest BCUT2D eigenvalue weighted by Gasteiger charge is 2.07. The molecule has 1 rings (SSSR count). The molecule has 0 spiro atoms. The van der Waals surface area contributed by atoms with Crippen molar-refractivity contribution < 1.29 is 0 Å². The van der Waals surface area contributed by atoms with Gasteiger partial charge in [-0.15, -0.1) is 0 Å². The standard InChI is InChI=1S/C27H47N/c1-4-5-6-7-8-9-10-11-12-14-19-27(24-18-25-28(2)3)23-17-22-26-20-15-13-16-21-26/h13,15-17,20-22,27H,4-12,14,18-19,23-25H2,1-3H3. The average Bonchev–Trinajstić information content (AvgIpc) is 2.69. The Morgan fingerprint density at radius 3 is 1.93 bits per heavy atom. The first-order chi connectivity index (χ1) is 13.7. The summed E-state index contributed by atoms with van der Waals surface area (Å²) in [7, 11) is 4.37. The largest absolute Gasteiger partial charge is 0.309 e. The summed E-state index contributed by atoms with van der Waals surface area (Å²) in [5.74, 6) is 0.856. The third-order valence-corrected chi connectivity index (χ3v) is 5.76. The molecule has 1 aromatic rings. The Morgan fingerprint density at radius 1 is 0.750 bits per heavy atom. The molecular weight excluding hydrogens is 338 g/mol. The van der Waals surface area contributed by atoms with E-state index < -0.39 is 0 Å². The monoisotopic (exact) mass is 385 g/mol. The first-order valence-corrected chi connectivity index (χ1v) is 12.1. The highest BCUT2D eigenvalue weighted by Crippen LogP contribution is 2.21. The maximum absolute atomic E-state index is 2.41. The van der Waals surface area contributed by atoms with Gasteiger partial charge >= 0.3 is 0 Å². The second kappa shape index (κ2) is 18.0. The van der Waals surface area contributed by atoms with Crippen LogP contribution >= 0.6 is 0 Å². The molecule has 0 aliphatic rings. The highest BCUT2D eigenvalue weighted by atomic mass is 15.0. The maximum atomic E-state index is 2.41. The quantitative estimate of drug-likeness (QED) is 0.229. The van der Waals surface area contributed by atoms with Crippen molar-refractivity contribution in [2.45, 2.75) is 96.8 Å². The molecule has 0 aliphatic carbocycles. The second-order valence-corrected chi connectivity index (χ2v) is 8.83. The third-order valence-electron chi connectivity index (χ3n) is 5.76. The van der Waals surface area contributed by atoms with Gasteiger partial charge in [0.1, 0.15) is 0 Å². The minimum Gasteiger partial charge on any atom is -0.309 e. The van der Waals surface area contributed by atoms with Crippen LogP contribution in [0.4, 0.5) is 0 Å². The van der Waals surface area contributed by atoms with Gasteiger partial charge < -0.3 is 4.90 Å². The van der Waals surface area contributed by atoms with Crippen LogP contribution in [0, 0.1) is 5.92 Å². The molecular formula is C27H47N. The molecule has 1 nitrogen and oxygen atoms in total. The minimum atomic E-state index is 0.856. The molecule has 0 heterocycles. The molecule has 1 atom stereocenters. The second-order valence-electron chi connectivity index (χ2n) is 8.83. The highest BCUT2D eigenvalue weighted by molar-refractivity contribution is 5.48. The first-order valence-electron chi connectivity index (χ1n) is 12.1. The van der Waals surface area contributed by atoms with E-state index in [1.165, 1.54) is 102 Å². The molecule has 0 bridgehead atoms. The lowest BCUT2D eigenvalue weighted by molar-refractivity contribution is 0.351. The van der Waals surface area contributed by atoms with Crippen molar-refractivity contribution in [3.05, 3.63) is 42.0 Å². The van der Waals surface area contributed by atoms with Crippen LogP contribution in [0.3, 0.4) is 0 Å². The van der Waals surface area contributed by atoms with Gasteiger partial charge in [-0.3, -0.25) is 0 Å². The molecule has 1 heteroatoms. The van der Waals surface area contributed by atoms with E-state index in [-0.39, 0.29) is 0 Å². The lowest BCUT2D eigenvalue weighted by Crippen LogP contribution is -2.14. The van der Waals surface area contributed by atoms with Crippen molar-refractivity contribution in [3.63, 3.8) is 0 Å². The van der Waals surface area contributed by atoms with E-state index in [1.807, 2.05) is 0 Å². The van der Waals surface area contributed by atoms with Crippen LogP contribution in [-0.2, 0) is 0 Å². The van der Waals surface area contributed by atoms with Gasteiger partial charge in [-0.25, -0.2) is 0 Å². The molecule has 1 unspecified atom stereocenters. The molecule has 0 saturated carbocycles. The topological polar surface area (TPSA) is 3.24 Å². The minimum absolute atomic E-state index is 0.856. The summed E-state index contributed by atoms with van der Waals surface area (Å²) in [6.45, 7) is 3.52. The van der Waals surface area contributed by atoms with E-state index in [9.17, 15) is 0 Å². The number of benzene rings is 1. The van der Waals surface area contributed by atoms with E-state index in [2.05, 4.69) is 68.4 Å². The molecule has 0 N–H and O–H groups in total. The summed E-state index contributed by atoms with van der Waals surface area (Å²) >= 11 is 0. The van der Waals surface area contributed by atoms with E-state index in [1.54, 1.807) is 0 Å². The first kappa shape index (κ1) is 25.0. The molecule has 0 fully saturated rings. The van der Waals surface area contributed by atoms with Gasteiger partial charge in [0.25, 0.3) is 0 Å². The summed E-state index contributed by atoms with van der Waals surface area (Å²) in [6, 6.07) is 10.7. The zero-order valence-corrected chi connectivity index (χ0v) is 19.2. The van der Waals surface area contributed by atoms with Crippen molar-refractivity contribution >= 4 is 6.08 Å². The number of nitrogens with zero attached hydrogens (tertiary/aromatic N) is 1. The van der Waals surface area contributed by atoms with Crippen LogP contribution in [0.25, 0.3) is 6.08 Å². The van der Waals surface area contributed by atoms with Gasteiger partial charge in [0.2, 0.25) is 0 Å². The Kier molecular flexibility index (Phi) is 16.0. The van der Waals surface area contributed by atoms with Crippen LogP contribution in [0.1, 0.15) is 102 Å². The fourth-order valence-corrected chi connectivity index (χ4v) is 3.96. The Hall–Kier alpha value is -1.08. The van der Waals surface area contributed by atoms with Crippen molar-refractivity contribution in [1.82, 2.24) is 4.90 Å². The fraction of sp³-hybridized carbons (Fsp3) is 0.704. The van der Waals surface area contributed by atoms with Crippen molar-refractivity contribution in [2.24, 2.45) is 5.92 Å². The smallest absolute Gasteiger partial charge is 0.00247 e. The van der Waals surface area contributed by atoms with Crippen LogP contribution in [0.15, 0.2) is 36.4 Å². The molecule has 0 saturated heterocycles. The van der Waals surface area contributed by atoms with E-state index in [0.717, 1.165) is 5.92 Å². The summed E-state index contributed by atoms with van der Waals surface area (Å²) in [6.07, 6.45) is 24.4. The number of hydrogen-bond acceptors (Lipinski definition) is 1. The van der Waals surface area contributed by atoms with Crippen molar-refractivity contribution in [2.75, 3.05) is 20.6 Å². The molecule has 1 aromatic carbocycles. The number of allylic oxidation sites excluding steroid dienone is 1. The normalized spacial score (nSPS) is 12.9. The van der Waals surface area contributed by atoms with Crippen LogP contribution in [0.2, 0.25) is 0 Å². The molecule has 0 aromatic heterocycles. The average molecular weight is 386 g/mol. The number of rotatable bonds is 18. The van der Waals surface area contributed by atoms with Gasteiger partial charge in [-0.05, 0) is 51.4 Å². The van der Waals surface area contributed by atoms with Crippen LogP contribution in [-0.4, -0.2) is 25.5 Å². The third kappa shape index (κ3) is 14.9. The van der Waals surface area contributed by atoms with Gasteiger partial charge in [0, 0.05) is 0 Å². The van der Waals surface area contributed by atoms with Crippen molar-refractivity contribution in [3.8, 4) is 0 Å². The number of hydrogen-bond donors (Lipinski definition) is 0. The van der Waals surface area contributed by atoms with E-state index in [4.69, 9.17) is 0 Å². The summed E-state index contributed by atoms with van der Waals surface area (Å²) in [4.78, 5) is 2.32. The fourth-order valence-electron chi connectivity index (χ4n) is 3.96. The Bertz CT molecular complexity index is 462. The Morgan fingerprint density at radius 2 is 1.32 bits per heavy atom.